The normalized spacial score (nSPS) is 14.1. The number of hydrogen-bond acceptors (Lipinski definition) is 6. The Labute approximate surface area is 151 Å². The van der Waals surface area contributed by atoms with Crippen LogP contribution in [0.15, 0.2) is 30.3 Å². The number of carbonyl (C=O) groups is 2. The number of ether oxygens (including phenoxy) is 1. The smallest absolute Gasteiger partial charge is 0.274 e. The third-order valence-electron chi connectivity index (χ3n) is 4.20. The zero-order valence-corrected chi connectivity index (χ0v) is 14.8. The van der Waals surface area contributed by atoms with Gasteiger partial charge in [0.25, 0.3) is 5.91 Å². The number of aromatic nitrogens is 2. The van der Waals surface area contributed by atoms with Crippen molar-refractivity contribution in [2.75, 3.05) is 43.5 Å². The van der Waals surface area contributed by atoms with Gasteiger partial charge in [-0.1, -0.05) is 12.1 Å². The van der Waals surface area contributed by atoms with Crippen LogP contribution in [0.5, 0.6) is 5.75 Å². The molecule has 8 nitrogen and oxygen atoms in total. The SMILES string of the molecule is COc1ccccc1NC(=O)c1cc(N2CCN(C=O)CC2)nc(C)n1. The Morgan fingerprint density at radius 1 is 1.19 bits per heavy atom. The lowest BCUT2D eigenvalue weighted by Gasteiger charge is -2.33. The fourth-order valence-electron chi connectivity index (χ4n) is 2.82. The first-order valence-electron chi connectivity index (χ1n) is 8.35. The largest absolute Gasteiger partial charge is 0.495 e. The average molecular weight is 355 g/mol. The number of nitrogens with zero attached hydrogens (tertiary/aromatic N) is 4. The molecule has 1 aromatic carbocycles. The van der Waals surface area contributed by atoms with Crippen molar-refractivity contribution in [3.8, 4) is 5.75 Å². The van der Waals surface area contributed by atoms with Gasteiger partial charge < -0.3 is 19.9 Å². The first-order valence-corrected chi connectivity index (χ1v) is 8.35. The van der Waals surface area contributed by atoms with Crippen molar-refractivity contribution in [2.45, 2.75) is 6.92 Å². The van der Waals surface area contributed by atoms with Crippen molar-refractivity contribution >= 4 is 23.8 Å². The molecule has 1 aliphatic rings. The maximum atomic E-state index is 12.6. The number of nitrogens with one attached hydrogen (secondary N) is 1. The number of anilines is 2. The summed E-state index contributed by atoms with van der Waals surface area (Å²) >= 11 is 0. The van der Waals surface area contributed by atoms with Crippen LogP contribution in [0.4, 0.5) is 11.5 Å². The minimum Gasteiger partial charge on any atom is -0.495 e. The fraction of sp³-hybridized carbons (Fsp3) is 0.333. The predicted octanol–water partition coefficient (Wildman–Crippen LogP) is 1.32. The van der Waals surface area contributed by atoms with Gasteiger partial charge in [0.15, 0.2) is 0 Å². The highest BCUT2D eigenvalue weighted by atomic mass is 16.5. The van der Waals surface area contributed by atoms with E-state index in [1.54, 1.807) is 37.1 Å². The summed E-state index contributed by atoms with van der Waals surface area (Å²) in [6, 6.07) is 8.87. The predicted molar refractivity (Wildman–Crippen MR) is 97.6 cm³/mol. The number of rotatable bonds is 5. The minimum absolute atomic E-state index is 0.288. The molecular weight excluding hydrogens is 334 g/mol. The lowest BCUT2D eigenvalue weighted by atomic mass is 10.2. The molecule has 0 radical (unpaired) electrons. The minimum atomic E-state index is -0.326. The molecule has 26 heavy (non-hydrogen) atoms. The van der Waals surface area contributed by atoms with Crippen LogP contribution in [-0.2, 0) is 4.79 Å². The van der Waals surface area contributed by atoms with E-state index in [-0.39, 0.29) is 11.6 Å². The first kappa shape index (κ1) is 17.7. The second-order valence-corrected chi connectivity index (χ2v) is 5.94. The Bertz CT molecular complexity index is 803. The lowest BCUT2D eigenvalue weighted by Crippen LogP contribution is -2.46. The van der Waals surface area contributed by atoms with Gasteiger partial charge in [0.1, 0.15) is 23.1 Å². The highest BCUT2D eigenvalue weighted by Crippen LogP contribution is 2.24. The second kappa shape index (κ2) is 7.81. The molecule has 0 saturated carbocycles. The molecule has 1 aromatic heterocycles. The van der Waals surface area contributed by atoms with E-state index >= 15 is 0 Å². The van der Waals surface area contributed by atoms with E-state index < -0.39 is 0 Å². The number of amides is 2. The van der Waals surface area contributed by atoms with Gasteiger partial charge in [0, 0.05) is 32.2 Å². The van der Waals surface area contributed by atoms with Crippen LogP contribution in [0.25, 0.3) is 0 Å². The van der Waals surface area contributed by atoms with Crippen LogP contribution < -0.4 is 15.0 Å². The molecule has 1 saturated heterocycles. The molecule has 0 unspecified atom stereocenters. The number of piperazine rings is 1. The quantitative estimate of drug-likeness (QED) is 0.814. The molecule has 2 heterocycles. The number of methoxy groups -OCH3 is 1. The molecular formula is C18H21N5O3. The van der Waals surface area contributed by atoms with Crippen LogP contribution >= 0.6 is 0 Å². The summed E-state index contributed by atoms with van der Waals surface area (Å²) in [5.74, 6) is 1.46. The third kappa shape index (κ3) is 3.90. The fourth-order valence-corrected chi connectivity index (χ4v) is 2.82. The molecule has 1 fully saturated rings. The summed E-state index contributed by atoms with van der Waals surface area (Å²) in [6.45, 7) is 4.36. The van der Waals surface area contributed by atoms with Crippen LogP contribution in [0.1, 0.15) is 16.3 Å². The topological polar surface area (TPSA) is 87.7 Å². The molecule has 0 aliphatic carbocycles. The molecule has 1 N–H and O–H groups in total. The number of hydrogen-bond donors (Lipinski definition) is 1. The summed E-state index contributed by atoms with van der Waals surface area (Å²) in [4.78, 5) is 35.9. The van der Waals surface area contributed by atoms with Gasteiger partial charge in [-0.25, -0.2) is 9.97 Å². The summed E-state index contributed by atoms with van der Waals surface area (Å²) in [6.07, 6.45) is 0.856. The summed E-state index contributed by atoms with van der Waals surface area (Å²) in [5, 5.41) is 2.82. The van der Waals surface area contributed by atoms with Crippen LogP contribution in [0, 0.1) is 6.92 Å². The maximum absolute atomic E-state index is 12.6. The van der Waals surface area contributed by atoms with E-state index in [1.807, 2.05) is 12.1 Å². The Balaban J connectivity index is 1.79. The Kier molecular flexibility index (Phi) is 5.31. The summed E-state index contributed by atoms with van der Waals surface area (Å²) < 4.78 is 5.26. The molecule has 0 bridgehead atoms. The average Bonchev–Trinajstić information content (AvgIpc) is 2.68. The van der Waals surface area contributed by atoms with Gasteiger partial charge >= 0.3 is 0 Å². The Morgan fingerprint density at radius 3 is 2.62 bits per heavy atom. The number of para-hydroxylation sites is 2. The Hall–Kier alpha value is -3.16. The Morgan fingerprint density at radius 2 is 1.92 bits per heavy atom. The molecule has 136 valence electrons. The monoisotopic (exact) mass is 355 g/mol. The number of benzene rings is 1. The van der Waals surface area contributed by atoms with Crippen LogP contribution in [-0.4, -0.2) is 60.5 Å². The first-order chi connectivity index (χ1) is 12.6. The molecule has 2 amide bonds. The summed E-state index contributed by atoms with van der Waals surface area (Å²) in [5.41, 5.74) is 0.869. The summed E-state index contributed by atoms with van der Waals surface area (Å²) in [7, 11) is 1.55. The van der Waals surface area contributed by atoms with Crippen molar-refractivity contribution in [3.63, 3.8) is 0 Å². The van der Waals surface area contributed by atoms with E-state index in [4.69, 9.17) is 4.74 Å². The number of carbonyl (C=O) groups excluding carboxylic acids is 2. The van der Waals surface area contributed by atoms with Crippen LogP contribution in [0.2, 0.25) is 0 Å². The van der Waals surface area contributed by atoms with Gasteiger partial charge in [0.05, 0.1) is 12.8 Å². The highest BCUT2D eigenvalue weighted by Gasteiger charge is 2.19. The molecule has 8 heteroatoms. The third-order valence-corrected chi connectivity index (χ3v) is 4.20. The van der Waals surface area contributed by atoms with E-state index in [2.05, 4.69) is 20.2 Å². The van der Waals surface area contributed by atoms with Gasteiger partial charge in [-0.2, -0.15) is 0 Å². The molecule has 0 spiro atoms. The van der Waals surface area contributed by atoms with E-state index in [1.165, 1.54) is 0 Å². The van der Waals surface area contributed by atoms with Crippen molar-refractivity contribution in [3.05, 3.63) is 41.9 Å². The molecule has 1 aliphatic heterocycles. The maximum Gasteiger partial charge on any atom is 0.274 e. The second-order valence-electron chi connectivity index (χ2n) is 5.94. The van der Waals surface area contributed by atoms with Gasteiger partial charge in [-0.3, -0.25) is 9.59 Å². The molecule has 0 atom stereocenters. The van der Waals surface area contributed by atoms with Gasteiger partial charge in [-0.15, -0.1) is 0 Å². The van der Waals surface area contributed by atoms with Crippen LogP contribution in [0.3, 0.4) is 0 Å². The van der Waals surface area contributed by atoms with Crippen molar-refractivity contribution in [1.29, 1.82) is 0 Å². The standard InChI is InChI=1S/C18H21N5O3/c1-13-19-15(18(25)21-14-5-3-4-6-16(14)26-2)11-17(20-13)23-9-7-22(12-24)8-10-23/h3-6,11-12H,7-10H2,1-2H3,(H,21,25). The van der Waals surface area contributed by atoms with Crippen molar-refractivity contribution in [1.82, 2.24) is 14.9 Å². The molecule has 3 rings (SSSR count). The van der Waals surface area contributed by atoms with Gasteiger partial charge in [0.2, 0.25) is 6.41 Å². The highest BCUT2D eigenvalue weighted by molar-refractivity contribution is 6.04. The molecule has 2 aromatic rings. The van der Waals surface area contributed by atoms with Crippen molar-refractivity contribution in [2.24, 2.45) is 0 Å². The van der Waals surface area contributed by atoms with Crippen molar-refractivity contribution < 1.29 is 14.3 Å². The van der Waals surface area contributed by atoms with Gasteiger partial charge in [-0.05, 0) is 19.1 Å². The zero-order chi connectivity index (χ0) is 18.5. The zero-order valence-electron chi connectivity index (χ0n) is 14.8. The number of aryl methyl sites for hydroxylation is 1. The lowest BCUT2D eigenvalue weighted by molar-refractivity contribution is -0.118. The van der Waals surface area contributed by atoms with E-state index in [0.29, 0.717) is 49.3 Å². The van der Waals surface area contributed by atoms with E-state index in [9.17, 15) is 9.59 Å². The van der Waals surface area contributed by atoms with E-state index in [0.717, 1.165) is 6.41 Å².